The number of rotatable bonds is 6. The van der Waals surface area contributed by atoms with E-state index in [9.17, 15) is 10.1 Å². The van der Waals surface area contributed by atoms with Crippen molar-refractivity contribution in [2.45, 2.75) is 39.6 Å². The number of hydrogen-bond donors (Lipinski definition) is 0. The molecule has 1 aliphatic heterocycles. The van der Waals surface area contributed by atoms with Crippen LogP contribution in [-0.2, 0) is 12.9 Å². The van der Waals surface area contributed by atoms with E-state index in [1.54, 1.807) is 17.0 Å². The van der Waals surface area contributed by atoms with E-state index in [0.29, 0.717) is 18.3 Å². The largest absolute Gasteiger partial charge is 0.325 e. The van der Waals surface area contributed by atoms with Crippen molar-refractivity contribution in [3.05, 3.63) is 113 Å². The van der Waals surface area contributed by atoms with E-state index in [-0.39, 0.29) is 12.3 Å². The summed E-state index contributed by atoms with van der Waals surface area (Å²) >= 11 is 0. The maximum Gasteiger partial charge on any atom is 0.325 e. The Morgan fingerprint density at radius 3 is 2.62 bits per heavy atom. The van der Waals surface area contributed by atoms with Crippen LogP contribution in [0.1, 0.15) is 37.9 Å². The molecular weight excluding hydrogens is 483 g/mol. The summed E-state index contributed by atoms with van der Waals surface area (Å²) in [6.07, 6.45) is 15.6. The number of aromatic nitrogens is 4. The molecule has 39 heavy (non-hydrogen) atoms. The number of allylic oxidation sites excluding steroid dienone is 1. The molecule has 0 amide bonds. The van der Waals surface area contributed by atoms with Crippen LogP contribution in [0.3, 0.4) is 0 Å². The van der Waals surface area contributed by atoms with E-state index < -0.39 is 0 Å². The molecule has 0 saturated carbocycles. The molecule has 5 aromatic rings. The van der Waals surface area contributed by atoms with E-state index in [4.69, 9.17) is 4.98 Å². The van der Waals surface area contributed by atoms with Gasteiger partial charge in [0.05, 0.1) is 17.6 Å². The molecule has 1 aliphatic rings. The molecular formula is C31H29BN6O. The molecule has 6 rings (SSSR count). The molecule has 0 unspecified atom stereocenters. The highest BCUT2D eigenvalue weighted by molar-refractivity contribution is 6.73. The van der Waals surface area contributed by atoms with Crippen LogP contribution in [0.4, 0.5) is 0 Å². The van der Waals surface area contributed by atoms with Gasteiger partial charge in [-0.25, -0.2) is 10.2 Å². The lowest BCUT2D eigenvalue weighted by Crippen LogP contribution is -2.20. The third-order valence-electron chi connectivity index (χ3n) is 6.72. The summed E-state index contributed by atoms with van der Waals surface area (Å²) in [6.45, 7) is 4.08. The Kier molecular flexibility index (Phi) is 7.79. The zero-order chi connectivity index (χ0) is 27.2. The molecule has 8 heteroatoms. The van der Waals surface area contributed by atoms with Gasteiger partial charge in [0.2, 0.25) is 0 Å². The van der Waals surface area contributed by atoms with Gasteiger partial charge in [0.15, 0.2) is 0 Å². The summed E-state index contributed by atoms with van der Waals surface area (Å²) in [5.41, 5.74) is 5.32. The number of imidazole rings is 1. The second-order valence-corrected chi connectivity index (χ2v) is 9.20. The molecule has 5 heterocycles. The molecule has 7 nitrogen and oxygen atoms in total. The molecule has 0 spiro atoms. The first-order valence-electron chi connectivity index (χ1n) is 13.3. The van der Waals surface area contributed by atoms with Gasteiger partial charge >= 0.3 is 6.71 Å². The van der Waals surface area contributed by atoms with Crippen LogP contribution in [0.15, 0.2) is 101 Å². The lowest BCUT2D eigenvalue weighted by atomic mass is 9.45. The first-order valence-corrected chi connectivity index (χ1v) is 13.3. The third kappa shape index (κ3) is 5.44. The second kappa shape index (κ2) is 11.7. The Morgan fingerprint density at radius 1 is 1.00 bits per heavy atom. The Labute approximate surface area is 227 Å². The zero-order valence-corrected chi connectivity index (χ0v) is 22.2. The second-order valence-electron chi connectivity index (χ2n) is 9.20. The Morgan fingerprint density at radius 2 is 1.85 bits per heavy atom. The summed E-state index contributed by atoms with van der Waals surface area (Å²) in [7, 11) is 0. The number of hydrogen-bond acceptors (Lipinski definition) is 5. The zero-order valence-electron chi connectivity index (χ0n) is 22.2. The van der Waals surface area contributed by atoms with Crippen molar-refractivity contribution in [3.8, 4) is 17.1 Å². The molecule has 0 radical (unpaired) electrons. The first kappa shape index (κ1) is 25.9. The van der Waals surface area contributed by atoms with Crippen LogP contribution in [0, 0.1) is 11.2 Å². The van der Waals surface area contributed by atoms with Gasteiger partial charge in [-0.15, -0.1) is 0 Å². The normalized spacial score (nSPS) is 12.5. The molecule has 0 aliphatic carbocycles. The third-order valence-corrected chi connectivity index (χ3v) is 6.72. The smallest absolute Gasteiger partial charge is 0.309 e. The van der Waals surface area contributed by atoms with Crippen LogP contribution in [-0.4, -0.2) is 31.9 Å². The van der Waals surface area contributed by atoms with Crippen molar-refractivity contribution in [1.82, 2.24) is 18.9 Å². The molecule has 192 valence electrons. The van der Waals surface area contributed by atoms with Crippen molar-refractivity contribution < 1.29 is 0 Å². The van der Waals surface area contributed by atoms with Crippen molar-refractivity contribution in [3.63, 3.8) is 0 Å². The van der Waals surface area contributed by atoms with Crippen LogP contribution in [0.25, 0.3) is 27.5 Å². The summed E-state index contributed by atoms with van der Waals surface area (Å²) in [5, 5.41) is 11.1. The average Bonchev–Trinajstić information content (AvgIpc) is 3.40. The van der Waals surface area contributed by atoms with Crippen molar-refractivity contribution in [1.29, 1.82) is 5.26 Å². The lowest BCUT2D eigenvalue weighted by Gasteiger charge is -2.10. The SMILES string of the molecule is CC.N#CB(Cc1ccc2nc(Cn3ccc4c(-c5ccccc5)cncc4c3=O)cn2c1)C1=CCCC=N1. The Hall–Kier alpha value is -4.77. The van der Waals surface area contributed by atoms with Gasteiger partial charge in [-0.1, -0.05) is 56.3 Å². The van der Waals surface area contributed by atoms with E-state index >= 15 is 0 Å². The van der Waals surface area contributed by atoms with Crippen LogP contribution in [0.2, 0.25) is 0 Å². The standard InChI is InChI=1S/C29H23BN6O.C2H6/c31-20-30(27-8-4-5-12-33-27)14-21-9-10-28-34-23(19-36(28)17-21)18-35-13-11-24-25(22-6-2-1-3-7-22)15-32-16-26(24)29(35)37;1-2/h1-3,6-13,15-17,19H,4-5,14,18H2;1-2H3. The maximum atomic E-state index is 13.3. The number of aliphatic imine (C=N–C) groups is 1. The first-order chi connectivity index (χ1) is 19.2. The Balaban J connectivity index is 0.00000151. The van der Waals surface area contributed by atoms with Gasteiger partial charge in [-0.3, -0.25) is 14.8 Å². The fraction of sp³-hybridized carbons (Fsp3) is 0.194. The molecule has 0 atom stereocenters. The predicted molar refractivity (Wildman–Crippen MR) is 158 cm³/mol. The minimum absolute atomic E-state index is 0.0984. The van der Waals surface area contributed by atoms with Gasteiger partial charge in [-0.2, -0.15) is 0 Å². The highest BCUT2D eigenvalue weighted by Crippen LogP contribution is 2.26. The topological polar surface area (TPSA) is 88.3 Å². The van der Waals surface area contributed by atoms with E-state index in [2.05, 4.69) is 22.0 Å². The van der Waals surface area contributed by atoms with E-state index in [1.807, 2.05) is 91.6 Å². The van der Waals surface area contributed by atoms with Crippen LogP contribution >= 0.6 is 0 Å². The fourth-order valence-corrected chi connectivity index (χ4v) is 4.85. The summed E-state index contributed by atoms with van der Waals surface area (Å²) in [5.74, 6) is 2.39. The molecule has 1 aromatic carbocycles. The minimum Gasteiger partial charge on any atom is -0.309 e. The van der Waals surface area contributed by atoms with Gasteiger partial charge in [0.25, 0.3) is 5.56 Å². The molecule has 4 aromatic heterocycles. The van der Waals surface area contributed by atoms with E-state index in [0.717, 1.165) is 51.9 Å². The van der Waals surface area contributed by atoms with Crippen molar-refractivity contribution >= 4 is 29.3 Å². The quantitative estimate of drug-likeness (QED) is 0.273. The van der Waals surface area contributed by atoms with Gasteiger partial charge in [-0.05, 0) is 47.8 Å². The number of fused-ring (bicyclic) bond motifs is 2. The van der Waals surface area contributed by atoms with Crippen LogP contribution < -0.4 is 5.56 Å². The maximum absolute atomic E-state index is 13.3. The predicted octanol–water partition coefficient (Wildman–Crippen LogP) is 5.71. The van der Waals surface area contributed by atoms with Gasteiger partial charge < -0.3 is 8.97 Å². The molecule has 0 fully saturated rings. The molecule has 0 saturated heterocycles. The number of benzene rings is 1. The summed E-state index contributed by atoms with van der Waals surface area (Å²) in [4.78, 5) is 26.8. The van der Waals surface area contributed by atoms with Crippen molar-refractivity contribution in [2.24, 2.45) is 4.99 Å². The average molecular weight is 512 g/mol. The minimum atomic E-state index is -0.275. The highest BCUT2D eigenvalue weighted by Gasteiger charge is 2.21. The lowest BCUT2D eigenvalue weighted by molar-refractivity contribution is 0.752. The summed E-state index contributed by atoms with van der Waals surface area (Å²) in [6, 6.07) is 15.9. The number of pyridine rings is 3. The van der Waals surface area contributed by atoms with Crippen molar-refractivity contribution in [2.75, 3.05) is 0 Å². The monoisotopic (exact) mass is 512 g/mol. The molecule has 0 N–H and O–H groups in total. The highest BCUT2D eigenvalue weighted by atomic mass is 16.1. The van der Waals surface area contributed by atoms with E-state index in [1.165, 1.54) is 0 Å². The summed E-state index contributed by atoms with van der Waals surface area (Å²) < 4.78 is 3.62. The Bertz CT molecular complexity index is 1780. The number of nitrogens with zero attached hydrogens (tertiary/aromatic N) is 6. The van der Waals surface area contributed by atoms with Gasteiger partial charge in [0.1, 0.15) is 5.65 Å². The number of nitriles is 1. The van der Waals surface area contributed by atoms with Gasteiger partial charge in [0, 0.05) is 54.3 Å². The molecule has 0 bridgehead atoms. The fourth-order valence-electron chi connectivity index (χ4n) is 4.85. The van der Waals surface area contributed by atoms with Crippen LogP contribution in [0.5, 0.6) is 0 Å².